The highest BCUT2D eigenvalue weighted by Gasteiger charge is 2.42. The van der Waals surface area contributed by atoms with Crippen LogP contribution in [0.15, 0.2) is 54.7 Å². The number of carbonyl (C=O) groups is 1. The van der Waals surface area contributed by atoms with Crippen molar-refractivity contribution in [2.45, 2.75) is 25.3 Å². The van der Waals surface area contributed by atoms with Gasteiger partial charge in [-0.2, -0.15) is 0 Å². The van der Waals surface area contributed by atoms with Gasteiger partial charge in [-0.15, -0.1) is 0 Å². The lowest BCUT2D eigenvalue weighted by Crippen LogP contribution is -2.51. The number of urea groups is 1. The number of nitrogens with zero attached hydrogens (tertiary/aromatic N) is 2. The molecule has 2 aliphatic heterocycles. The second-order valence-corrected chi connectivity index (χ2v) is 8.64. The quantitative estimate of drug-likeness (QED) is 0.565. The summed E-state index contributed by atoms with van der Waals surface area (Å²) < 4.78 is 7.67. The van der Waals surface area contributed by atoms with Gasteiger partial charge in [-0.05, 0) is 61.7 Å². The number of benzene rings is 2. The summed E-state index contributed by atoms with van der Waals surface area (Å²) in [5, 5.41) is 7.40. The number of ether oxygens (including phenoxy) is 1. The van der Waals surface area contributed by atoms with Crippen LogP contribution < -0.4 is 15.4 Å². The summed E-state index contributed by atoms with van der Waals surface area (Å²) in [5.41, 5.74) is 4.88. The Labute approximate surface area is 186 Å². The van der Waals surface area contributed by atoms with Gasteiger partial charge in [-0.25, -0.2) is 4.79 Å². The van der Waals surface area contributed by atoms with Crippen molar-refractivity contribution in [2.24, 2.45) is 0 Å². The number of aromatic nitrogens is 1. The molecule has 7 heteroatoms. The van der Waals surface area contributed by atoms with Crippen molar-refractivity contribution in [1.82, 2.24) is 9.47 Å². The summed E-state index contributed by atoms with van der Waals surface area (Å²) >= 11 is 6.20. The van der Waals surface area contributed by atoms with Crippen molar-refractivity contribution < 1.29 is 9.53 Å². The monoisotopic (exact) mass is 436 g/mol. The summed E-state index contributed by atoms with van der Waals surface area (Å²) in [4.78, 5) is 14.7. The lowest BCUT2D eigenvalue weighted by molar-refractivity contribution is 0.174. The first-order chi connectivity index (χ1) is 15.0. The Kier molecular flexibility index (Phi) is 4.82. The average Bonchev–Trinajstić information content (AvgIpc) is 3.28. The molecule has 6 nitrogen and oxygen atoms in total. The van der Waals surface area contributed by atoms with Crippen molar-refractivity contribution in [3.05, 3.63) is 71.0 Å². The van der Waals surface area contributed by atoms with Crippen molar-refractivity contribution in [3.63, 3.8) is 0 Å². The van der Waals surface area contributed by atoms with Crippen LogP contribution in [-0.2, 0) is 5.54 Å². The number of hydrogen-bond acceptors (Lipinski definition) is 3. The number of rotatable bonds is 2. The Morgan fingerprint density at radius 2 is 1.97 bits per heavy atom. The van der Waals surface area contributed by atoms with Gasteiger partial charge in [0.05, 0.1) is 24.0 Å². The van der Waals surface area contributed by atoms with E-state index in [9.17, 15) is 4.79 Å². The first-order valence-corrected chi connectivity index (χ1v) is 10.8. The smallest absolute Gasteiger partial charge is 0.321 e. The van der Waals surface area contributed by atoms with Crippen molar-refractivity contribution in [1.29, 1.82) is 0 Å². The molecule has 0 unspecified atom stereocenters. The van der Waals surface area contributed by atoms with Gasteiger partial charge >= 0.3 is 6.03 Å². The van der Waals surface area contributed by atoms with Crippen LogP contribution in [-0.4, -0.2) is 35.7 Å². The van der Waals surface area contributed by atoms with Gasteiger partial charge in [-0.3, -0.25) is 0 Å². The minimum absolute atomic E-state index is 0.0944. The van der Waals surface area contributed by atoms with Gasteiger partial charge in [-0.1, -0.05) is 17.7 Å². The van der Waals surface area contributed by atoms with Crippen LogP contribution in [0.5, 0.6) is 5.75 Å². The summed E-state index contributed by atoms with van der Waals surface area (Å²) in [6.07, 6.45) is 3.73. The molecule has 0 saturated carbocycles. The number of amides is 2. The highest BCUT2D eigenvalue weighted by molar-refractivity contribution is 6.31. The topological polar surface area (TPSA) is 58.5 Å². The third kappa shape index (κ3) is 3.41. The Morgan fingerprint density at radius 1 is 1.16 bits per heavy atom. The van der Waals surface area contributed by atoms with E-state index in [0.717, 1.165) is 35.5 Å². The molecular formula is C24H25ClN4O2. The number of likely N-dealkylation sites (tertiary alicyclic amines) is 1. The lowest BCUT2D eigenvalue weighted by atomic mass is 9.82. The minimum Gasteiger partial charge on any atom is -0.497 e. The predicted molar refractivity (Wildman–Crippen MR) is 124 cm³/mol. The Balaban J connectivity index is 1.34. The van der Waals surface area contributed by atoms with Gasteiger partial charge in [0.25, 0.3) is 0 Å². The largest absolute Gasteiger partial charge is 0.497 e. The minimum atomic E-state index is -0.215. The van der Waals surface area contributed by atoms with E-state index in [0.29, 0.717) is 23.8 Å². The molecule has 160 valence electrons. The molecule has 0 atom stereocenters. The molecule has 3 aromatic rings. The van der Waals surface area contributed by atoms with E-state index in [1.54, 1.807) is 13.2 Å². The van der Waals surface area contributed by atoms with E-state index >= 15 is 0 Å². The average molecular weight is 437 g/mol. The predicted octanol–water partition coefficient (Wildman–Crippen LogP) is 5.40. The number of nitrogens with one attached hydrogen (secondary N) is 2. The Morgan fingerprint density at radius 3 is 2.71 bits per heavy atom. The van der Waals surface area contributed by atoms with E-state index in [1.165, 1.54) is 5.69 Å². The molecule has 0 radical (unpaired) electrons. The maximum Gasteiger partial charge on any atom is 0.321 e. The highest BCUT2D eigenvalue weighted by atomic mass is 35.5. The van der Waals surface area contributed by atoms with E-state index < -0.39 is 0 Å². The molecule has 1 aromatic heterocycles. The van der Waals surface area contributed by atoms with Crippen LogP contribution in [0.2, 0.25) is 5.02 Å². The Bertz CT molecular complexity index is 1150. The standard InChI is InChI=1S/C24H25ClN4O2/c1-16-5-6-17(14-19(16)25)26-23(30)28-12-9-24(10-13-28)22-4-3-11-29(22)21-8-7-18(31-2)15-20(21)27-24/h3-8,11,14-15,27H,9-10,12-13H2,1-2H3,(H,26,30). The van der Waals surface area contributed by atoms with Crippen LogP contribution in [0.3, 0.4) is 0 Å². The second-order valence-electron chi connectivity index (χ2n) is 8.23. The molecule has 0 aliphatic carbocycles. The molecule has 2 aliphatic rings. The number of piperidine rings is 1. The van der Waals surface area contributed by atoms with Gasteiger partial charge in [0, 0.05) is 41.8 Å². The summed E-state index contributed by atoms with van der Waals surface area (Å²) in [5.74, 6) is 0.825. The number of halogens is 1. The van der Waals surface area contributed by atoms with Crippen molar-refractivity contribution in [2.75, 3.05) is 30.8 Å². The number of anilines is 2. The first-order valence-electron chi connectivity index (χ1n) is 10.5. The van der Waals surface area contributed by atoms with Crippen LogP contribution in [0.1, 0.15) is 24.1 Å². The molecule has 2 aromatic carbocycles. The molecule has 3 heterocycles. The maximum absolute atomic E-state index is 12.8. The first kappa shape index (κ1) is 19.8. The van der Waals surface area contributed by atoms with Gasteiger partial charge in [0.15, 0.2) is 0 Å². The highest BCUT2D eigenvalue weighted by Crippen LogP contribution is 2.44. The summed E-state index contributed by atoms with van der Waals surface area (Å²) in [7, 11) is 1.68. The molecule has 2 N–H and O–H groups in total. The molecule has 1 spiro atoms. The van der Waals surface area contributed by atoms with Gasteiger partial charge < -0.3 is 24.8 Å². The molecular weight excluding hydrogens is 412 g/mol. The third-order valence-corrected chi connectivity index (χ3v) is 6.81. The van der Waals surface area contributed by atoms with Crippen LogP contribution in [0.25, 0.3) is 5.69 Å². The Hall–Kier alpha value is -3.12. The van der Waals surface area contributed by atoms with E-state index in [-0.39, 0.29) is 11.6 Å². The zero-order valence-electron chi connectivity index (χ0n) is 17.6. The lowest BCUT2D eigenvalue weighted by Gasteiger charge is -2.46. The number of methoxy groups -OCH3 is 1. The number of aryl methyl sites for hydroxylation is 1. The van der Waals surface area contributed by atoms with Crippen molar-refractivity contribution >= 4 is 29.0 Å². The molecule has 2 amide bonds. The molecule has 5 rings (SSSR count). The molecule has 1 fully saturated rings. The summed E-state index contributed by atoms with van der Waals surface area (Å²) in [6.45, 7) is 3.25. The SMILES string of the molecule is COc1ccc2c(c1)NC1(CCN(C(=O)Nc3ccc(C)c(Cl)c3)CC1)c1cccn1-2. The second kappa shape index (κ2) is 7.54. The fraction of sp³-hybridized carbons (Fsp3) is 0.292. The third-order valence-electron chi connectivity index (χ3n) is 6.40. The van der Waals surface area contributed by atoms with Crippen LogP contribution in [0.4, 0.5) is 16.2 Å². The fourth-order valence-electron chi connectivity index (χ4n) is 4.60. The van der Waals surface area contributed by atoms with E-state index in [1.807, 2.05) is 36.1 Å². The molecule has 1 saturated heterocycles. The maximum atomic E-state index is 12.8. The molecule has 0 bridgehead atoms. The van der Waals surface area contributed by atoms with Gasteiger partial charge in [0.1, 0.15) is 5.75 Å². The van der Waals surface area contributed by atoms with Crippen molar-refractivity contribution in [3.8, 4) is 11.4 Å². The normalized spacial score (nSPS) is 16.3. The van der Waals surface area contributed by atoms with E-state index in [4.69, 9.17) is 16.3 Å². The number of hydrogen-bond donors (Lipinski definition) is 2. The zero-order chi connectivity index (χ0) is 21.6. The van der Waals surface area contributed by atoms with Crippen LogP contribution >= 0.6 is 11.6 Å². The van der Waals surface area contributed by atoms with E-state index in [2.05, 4.69) is 39.6 Å². The number of carbonyl (C=O) groups excluding carboxylic acids is 1. The van der Waals surface area contributed by atoms with Crippen LogP contribution in [0, 0.1) is 6.92 Å². The summed E-state index contributed by atoms with van der Waals surface area (Å²) in [6, 6.07) is 15.8. The zero-order valence-corrected chi connectivity index (χ0v) is 18.4. The van der Waals surface area contributed by atoms with Gasteiger partial charge in [0.2, 0.25) is 0 Å². The number of fused-ring (bicyclic) bond motifs is 4. The fourth-order valence-corrected chi connectivity index (χ4v) is 4.78. The molecule has 31 heavy (non-hydrogen) atoms.